The Morgan fingerprint density at radius 1 is 1.12 bits per heavy atom. The molecule has 0 amide bonds. The van der Waals surface area contributed by atoms with Crippen molar-refractivity contribution in [1.29, 1.82) is 0 Å². The fourth-order valence-electron chi connectivity index (χ4n) is 2.07. The van der Waals surface area contributed by atoms with Gasteiger partial charge in [0.25, 0.3) is 0 Å². The molecular formula is C18H17Br2FO3. The number of rotatable bonds is 6. The lowest BCUT2D eigenvalue weighted by molar-refractivity contribution is -0.134. The van der Waals surface area contributed by atoms with Gasteiger partial charge < -0.3 is 9.47 Å². The van der Waals surface area contributed by atoms with Gasteiger partial charge in [-0.25, -0.2) is 4.39 Å². The summed E-state index contributed by atoms with van der Waals surface area (Å²) in [6.45, 7) is 3.75. The van der Waals surface area contributed by atoms with E-state index in [2.05, 4.69) is 31.9 Å². The molecule has 24 heavy (non-hydrogen) atoms. The van der Waals surface area contributed by atoms with Crippen LogP contribution in [0.4, 0.5) is 4.39 Å². The Bertz CT molecular complexity index is 747. The monoisotopic (exact) mass is 458 g/mol. The second-order valence-electron chi connectivity index (χ2n) is 5.06. The van der Waals surface area contributed by atoms with Crippen LogP contribution in [-0.2, 0) is 17.8 Å². The smallest absolute Gasteiger partial charge is 0.310 e. The number of aryl methyl sites for hydroxylation is 1. The molecule has 0 aliphatic heterocycles. The van der Waals surface area contributed by atoms with Crippen LogP contribution in [0, 0.1) is 5.82 Å². The lowest BCUT2D eigenvalue weighted by Gasteiger charge is -2.14. The highest BCUT2D eigenvalue weighted by molar-refractivity contribution is 9.10. The molecule has 0 heterocycles. The lowest BCUT2D eigenvalue weighted by Crippen LogP contribution is -2.09. The van der Waals surface area contributed by atoms with Crippen molar-refractivity contribution >= 4 is 37.8 Å². The highest BCUT2D eigenvalue weighted by atomic mass is 79.9. The molecule has 2 aromatic carbocycles. The summed E-state index contributed by atoms with van der Waals surface area (Å²) in [6.07, 6.45) is 0.883. The van der Waals surface area contributed by atoms with Crippen molar-refractivity contribution in [3.05, 3.63) is 56.2 Å². The van der Waals surface area contributed by atoms with Gasteiger partial charge in [-0.1, -0.05) is 35.8 Å². The number of hydrogen-bond donors (Lipinski definition) is 0. The first-order valence-electron chi connectivity index (χ1n) is 7.55. The molecule has 0 radical (unpaired) electrons. The molecule has 0 N–H and O–H groups in total. The van der Waals surface area contributed by atoms with Crippen LogP contribution in [-0.4, -0.2) is 5.97 Å². The highest BCUT2D eigenvalue weighted by Crippen LogP contribution is 2.32. The third-order valence-corrected chi connectivity index (χ3v) is 4.80. The summed E-state index contributed by atoms with van der Waals surface area (Å²) in [5.74, 6) is 0.195. The van der Waals surface area contributed by atoms with Crippen molar-refractivity contribution in [2.24, 2.45) is 0 Å². The maximum absolute atomic E-state index is 14.0. The van der Waals surface area contributed by atoms with Gasteiger partial charge in [0.15, 0.2) is 0 Å². The Morgan fingerprint density at radius 3 is 2.54 bits per heavy atom. The van der Waals surface area contributed by atoms with Crippen LogP contribution in [0.1, 0.15) is 31.4 Å². The van der Waals surface area contributed by atoms with Crippen molar-refractivity contribution in [2.45, 2.75) is 33.3 Å². The van der Waals surface area contributed by atoms with E-state index >= 15 is 0 Å². The Labute approximate surface area is 157 Å². The van der Waals surface area contributed by atoms with E-state index in [-0.39, 0.29) is 24.8 Å². The summed E-state index contributed by atoms with van der Waals surface area (Å²) in [6, 6.07) is 8.38. The van der Waals surface area contributed by atoms with Gasteiger partial charge in [0.2, 0.25) is 0 Å². The Hall–Kier alpha value is -1.40. The van der Waals surface area contributed by atoms with Gasteiger partial charge in [-0.05, 0) is 46.1 Å². The molecule has 2 aromatic rings. The van der Waals surface area contributed by atoms with Crippen LogP contribution < -0.4 is 9.47 Å². The van der Waals surface area contributed by atoms with Crippen LogP contribution in [0.15, 0.2) is 39.3 Å². The summed E-state index contributed by atoms with van der Waals surface area (Å²) in [5, 5.41) is 0. The van der Waals surface area contributed by atoms with Crippen molar-refractivity contribution < 1.29 is 18.7 Å². The van der Waals surface area contributed by atoms with Crippen LogP contribution in [0.25, 0.3) is 0 Å². The zero-order valence-electron chi connectivity index (χ0n) is 13.4. The average Bonchev–Trinajstić information content (AvgIpc) is 2.56. The van der Waals surface area contributed by atoms with E-state index < -0.39 is 0 Å². The number of benzene rings is 2. The Kier molecular flexibility index (Phi) is 6.80. The highest BCUT2D eigenvalue weighted by Gasteiger charge is 2.14. The first-order chi connectivity index (χ1) is 11.5. The van der Waals surface area contributed by atoms with Gasteiger partial charge in [-0.15, -0.1) is 0 Å². The van der Waals surface area contributed by atoms with Crippen molar-refractivity contribution in [1.82, 2.24) is 0 Å². The van der Waals surface area contributed by atoms with E-state index in [9.17, 15) is 9.18 Å². The molecule has 0 aliphatic carbocycles. The summed E-state index contributed by atoms with van der Waals surface area (Å²) in [5.41, 5.74) is 1.30. The molecule has 2 rings (SSSR count). The quantitative estimate of drug-likeness (QED) is 0.404. The standard InChI is InChI=1S/C18H17Br2FO3/c1-3-11-8-14(20)17(9-15(11)21)23-10-12-13(19)6-5-7-16(12)24-18(22)4-2/h5-9H,3-4,10H2,1-2H3. The van der Waals surface area contributed by atoms with Crippen molar-refractivity contribution in [2.75, 3.05) is 0 Å². The van der Waals surface area contributed by atoms with Gasteiger partial charge in [0.05, 0.1) is 4.47 Å². The number of esters is 1. The first-order valence-corrected chi connectivity index (χ1v) is 9.13. The predicted octanol–water partition coefficient (Wildman–Crippen LogP) is 5.81. The van der Waals surface area contributed by atoms with Crippen LogP contribution >= 0.6 is 31.9 Å². The Morgan fingerprint density at radius 2 is 1.88 bits per heavy atom. The third kappa shape index (κ3) is 4.57. The molecule has 0 fully saturated rings. The minimum Gasteiger partial charge on any atom is -0.487 e. The van der Waals surface area contributed by atoms with Crippen LogP contribution in [0.5, 0.6) is 11.5 Å². The van der Waals surface area contributed by atoms with Crippen LogP contribution in [0.2, 0.25) is 0 Å². The number of carbonyl (C=O) groups excluding carboxylic acids is 1. The van der Waals surface area contributed by atoms with Gasteiger partial charge >= 0.3 is 5.97 Å². The fourth-order valence-corrected chi connectivity index (χ4v) is 3.04. The van der Waals surface area contributed by atoms with E-state index in [1.807, 2.05) is 13.0 Å². The molecule has 0 atom stereocenters. The molecule has 0 unspecified atom stereocenters. The second-order valence-corrected chi connectivity index (χ2v) is 6.77. The number of carbonyl (C=O) groups is 1. The maximum Gasteiger partial charge on any atom is 0.310 e. The van der Waals surface area contributed by atoms with Crippen molar-refractivity contribution in [3.63, 3.8) is 0 Å². The number of ether oxygens (including phenoxy) is 2. The topological polar surface area (TPSA) is 35.5 Å². The molecule has 3 nitrogen and oxygen atoms in total. The largest absolute Gasteiger partial charge is 0.487 e. The fraction of sp³-hybridized carbons (Fsp3) is 0.278. The molecule has 0 spiro atoms. The van der Waals surface area contributed by atoms with Gasteiger partial charge in [0, 0.05) is 22.5 Å². The lowest BCUT2D eigenvalue weighted by atomic mass is 10.1. The summed E-state index contributed by atoms with van der Waals surface area (Å²) >= 11 is 6.83. The minimum atomic E-state index is -0.325. The van der Waals surface area contributed by atoms with E-state index in [1.165, 1.54) is 6.07 Å². The molecule has 0 aliphatic rings. The third-order valence-electron chi connectivity index (χ3n) is 3.44. The molecule has 0 saturated carbocycles. The zero-order valence-corrected chi connectivity index (χ0v) is 16.5. The van der Waals surface area contributed by atoms with E-state index in [4.69, 9.17) is 9.47 Å². The predicted molar refractivity (Wildman–Crippen MR) is 97.9 cm³/mol. The summed E-state index contributed by atoms with van der Waals surface area (Å²) in [4.78, 5) is 11.6. The summed E-state index contributed by atoms with van der Waals surface area (Å²) < 4.78 is 26.4. The second kappa shape index (κ2) is 8.62. The SMILES string of the molecule is CCC(=O)Oc1cccc(Br)c1COc1cc(F)c(CC)cc1Br. The molecular weight excluding hydrogens is 443 g/mol. The van der Waals surface area contributed by atoms with E-state index in [1.54, 1.807) is 25.1 Å². The minimum absolute atomic E-state index is 0.136. The molecule has 6 heteroatoms. The molecule has 0 aromatic heterocycles. The Balaban J connectivity index is 2.23. The zero-order chi connectivity index (χ0) is 17.7. The van der Waals surface area contributed by atoms with E-state index in [0.717, 1.165) is 4.47 Å². The number of hydrogen-bond acceptors (Lipinski definition) is 3. The average molecular weight is 460 g/mol. The number of halogens is 3. The molecule has 0 saturated heterocycles. The van der Waals surface area contributed by atoms with Gasteiger partial charge in [-0.2, -0.15) is 0 Å². The molecule has 128 valence electrons. The van der Waals surface area contributed by atoms with E-state index in [0.29, 0.717) is 33.5 Å². The first kappa shape index (κ1) is 18.9. The summed E-state index contributed by atoms with van der Waals surface area (Å²) in [7, 11) is 0. The van der Waals surface area contributed by atoms with Crippen LogP contribution in [0.3, 0.4) is 0 Å². The maximum atomic E-state index is 14.0. The van der Waals surface area contributed by atoms with Gasteiger partial charge in [0.1, 0.15) is 23.9 Å². The molecule has 0 bridgehead atoms. The van der Waals surface area contributed by atoms with Crippen molar-refractivity contribution in [3.8, 4) is 11.5 Å². The normalized spacial score (nSPS) is 10.5. The van der Waals surface area contributed by atoms with Gasteiger partial charge in [-0.3, -0.25) is 4.79 Å².